The molecular formula is C69H57N9. The molecule has 0 N–H and O–H groups in total. The highest BCUT2D eigenvalue weighted by molar-refractivity contribution is 5.87. The lowest BCUT2D eigenvalue weighted by atomic mass is 10.0. The van der Waals surface area contributed by atoms with Crippen LogP contribution in [0.4, 0.5) is 0 Å². The Balaban J connectivity index is 0.927. The second kappa shape index (κ2) is 19.8. The van der Waals surface area contributed by atoms with Gasteiger partial charge in [-0.1, -0.05) is 205 Å². The van der Waals surface area contributed by atoms with Gasteiger partial charge in [0.2, 0.25) is 0 Å². The number of hydrogen-bond acceptors (Lipinski definition) is 6. The number of imidazole rings is 3. The Kier molecular flexibility index (Phi) is 12.2. The van der Waals surface area contributed by atoms with Crippen LogP contribution >= 0.6 is 0 Å². The summed E-state index contributed by atoms with van der Waals surface area (Å²) in [5, 5.41) is 0. The highest BCUT2D eigenvalue weighted by Crippen LogP contribution is 2.38. The molecule has 13 rings (SSSR count). The molecular weight excluding hydrogens is 955 g/mol. The van der Waals surface area contributed by atoms with Crippen LogP contribution in [-0.2, 0) is 0 Å². The van der Waals surface area contributed by atoms with Crippen LogP contribution in [0.1, 0.15) is 76.0 Å². The molecule has 0 atom stereocenters. The van der Waals surface area contributed by atoms with E-state index in [2.05, 4.69) is 255 Å². The topological polar surface area (TPSA) is 92.1 Å². The summed E-state index contributed by atoms with van der Waals surface area (Å²) in [4.78, 5) is 31.4. The third-order valence-corrected chi connectivity index (χ3v) is 14.9. The summed E-state index contributed by atoms with van der Waals surface area (Å²) in [7, 11) is 0. The molecule has 0 radical (unpaired) electrons. The van der Waals surface area contributed by atoms with Crippen molar-refractivity contribution < 1.29 is 0 Å². The molecule has 9 aromatic carbocycles. The van der Waals surface area contributed by atoms with E-state index in [-0.39, 0.29) is 0 Å². The minimum Gasteiger partial charge on any atom is -0.292 e. The van der Waals surface area contributed by atoms with Crippen LogP contribution in [-0.4, -0.2) is 43.6 Å². The van der Waals surface area contributed by atoms with E-state index < -0.39 is 0 Å². The van der Waals surface area contributed by atoms with Gasteiger partial charge in [0.05, 0.1) is 50.2 Å². The normalized spacial score (nSPS) is 11.8. The first-order valence-electron chi connectivity index (χ1n) is 27.0. The van der Waals surface area contributed by atoms with Crippen LogP contribution in [0.2, 0.25) is 0 Å². The second-order valence-corrected chi connectivity index (χ2v) is 21.0. The molecule has 0 spiro atoms. The molecule has 0 bridgehead atoms. The fraction of sp³-hybridized carbons (Fsp3) is 0.130. The number of para-hydroxylation sites is 9. The first-order chi connectivity index (χ1) is 38.2. The number of benzene rings is 9. The molecule has 9 heteroatoms. The Morgan fingerprint density at radius 2 is 0.474 bits per heavy atom. The van der Waals surface area contributed by atoms with Crippen molar-refractivity contribution in [2.24, 2.45) is 0 Å². The molecule has 13 aromatic rings. The van der Waals surface area contributed by atoms with Crippen LogP contribution in [0.15, 0.2) is 218 Å². The van der Waals surface area contributed by atoms with Gasteiger partial charge in [-0.05, 0) is 89.0 Å². The number of nitrogens with zero attached hydrogens (tertiary/aromatic N) is 9. The van der Waals surface area contributed by atoms with Crippen LogP contribution in [0.5, 0.6) is 0 Å². The first kappa shape index (κ1) is 48.1. The lowest BCUT2D eigenvalue weighted by Gasteiger charge is -2.17. The van der Waals surface area contributed by atoms with Crippen molar-refractivity contribution in [1.82, 2.24) is 43.6 Å². The maximum Gasteiger partial charge on any atom is 0.164 e. The van der Waals surface area contributed by atoms with Gasteiger partial charge in [0.25, 0.3) is 0 Å². The molecule has 4 aromatic heterocycles. The minimum absolute atomic E-state index is 0.322. The van der Waals surface area contributed by atoms with E-state index in [1.165, 1.54) is 16.7 Å². The number of aromatic nitrogens is 9. The molecule has 0 aliphatic heterocycles. The maximum absolute atomic E-state index is 5.25. The van der Waals surface area contributed by atoms with Gasteiger partial charge in [-0.25, -0.2) is 29.9 Å². The van der Waals surface area contributed by atoms with Crippen molar-refractivity contribution in [2.75, 3.05) is 0 Å². The van der Waals surface area contributed by atoms with Crippen molar-refractivity contribution in [3.8, 4) is 85.4 Å². The van der Waals surface area contributed by atoms with Gasteiger partial charge in [-0.15, -0.1) is 0 Å². The van der Waals surface area contributed by atoms with Crippen LogP contribution in [0, 0.1) is 0 Å². The summed E-state index contributed by atoms with van der Waals surface area (Å²) >= 11 is 0. The fourth-order valence-corrected chi connectivity index (χ4v) is 11.0. The monoisotopic (exact) mass is 1010 g/mol. The molecule has 0 amide bonds. The Bertz CT molecular complexity index is 3890. The van der Waals surface area contributed by atoms with Gasteiger partial charge in [0.1, 0.15) is 17.5 Å². The predicted molar refractivity (Wildman–Crippen MR) is 319 cm³/mol. The third-order valence-electron chi connectivity index (χ3n) is 14.9. The molecule has 0 saturated carbocycles. The molecule has 0 unspecified atom stereocenters. The molecule has 78 heavy (non-hydrogen) atoms. The van der Waals surface area contributed by atoms with E-state index in [0.29, 0.717) is 35.2 Å². The molecule has 0 saturated heterocycles. The zero-order valence-corrected chi connectivity index (χ0v) is 44.5. The molecule has 9 nitrogen and oxygen atoms in total. The van der Waals surface area contributed by atoms with Crippen LogP contribution in [0.25, 0.3) is 118 Å². The number of rotatable bonds is 12. The van der Waals surface area contributed by atoms with E-state index >= 15 is 0 Å². The molecule has 0 aliphatic rings. The standard InChI is InChI=1S/C69H57N9/c1-43(2)52-19-7-13-25-58(52)76-61-28-16-10-22-55(61)70-67(76)49-37-31-46(32-38-49)64-73-65(47-33-39-50(40-34-47)68-71-56-23-11-17-29-62(56)77(68)59-26-14-8-20-53(59)44(3)4)75-66(74-64)48-35-41-51(42-36-48)69-72-57-24-12-18-30-63(57)78(69)60-27-15-9-21-54(60)45(5)6/h7-45H,1-6H3. The van der Waals surface area contributed by atoms with Crippen molar-refractivity contribution in [1.29, 1.82) is 0 Å². The fourth-order valence-electron chi connectivity index (χ4n) is 11.0. The zero-order valence-electron chi connectivity index (χ0n) is 44.5. The third kappa shape index (κ3) is 8.54. The minimum atomic E-state index is 0.322. The summed E-state index contributed by atoms with van der Waals surface area (Å²) < 4.78 is 6.88. The Labute approximate surface area is 454 Å². The number of hydrogen-bond donors (Lipinski definition) is 0. The summed E-state index contributed by atoms with van der Waals surface area (Å²) in [6, 6.07) is 76.3. The van der Waals surface area contributed by atoms with Crippen molar-refractivity contribution >= 4 is 33.1 Å². The quantitative estimate of drug-likeness (QED) is 0.121. The molecule has 0 aliphatic carbocycles. The molecule has 378 valence electrons. The Hall–Kier alpha value is -9.60. The van der Waals surface area contributed by atoms with Gasteiger partial charge in [0, 0.05) is 33.4 Å². The Morgan fingerprint density at radius 3 is 0.744 bits per heavy atom. The average Bonchev–Trinajstić information content (AvgIpc) is 4.33. The van der Waals surface area contributed by atoms with E-state index in [9.17, 15) is 0 Å². The summed E-state index contributed by atoms with van der Waals surface area (Å²) in [6.45, 7) is 13.4. The maximum atomic E-state index is 5.25. The summed E-state index contributed by atoms with van der Waals surface area (Å²) in [5.41, 5.74) is 18.7. The highest BCUT2D eigenvalue weighted by Gasteiger charge is 2.23. The van der Waals surface area contributed by atoms with Gasteiger partial charge in [0.15, 0.2) is 17.5 Å². The predicted octanol–water partition coefficient (Wildman–Crippen LogP) is 17.3. The lowest BCUT2D eigenvalue weighted by Crippen LogP contribution is -2.04. The largest absolute Gasteiger partial charge is 0.292 e. The van der Waals surface area contributed by atoms with Gasteiger partial charge >= 0.3 is 0 Å². The van der Waals surface area contributed by atoms with E-state index in [1.807, 2.05) is 18.2 Å². The highest BCUT2D eigenvalue weighted by atomic mass is 15.1. The first-order valence-corrected chi connectivity index (χ1v) is 27.0. The lowest BCUT2D eigenvalue weighted by molar-refractivity contribution is 0.850. The van der Waals surface area contributed by atoms with Crippen LogP contribution in [0.3, 0.4) is 0 Å². The second-order valence-electron chi connectivity index (χ2n) is 21.0. The van der Waals surface area contributed by atoms with Gasteiger partial charge < -0.3 is 0 Å². The zero-order chi connectivity index (χ0) is 53.0. The SMILES string of the molecule is CC(C)c1ccccc1-n1c(-c2ccc(-c3nc(-c4ccc(-c5nc6ccccc6n5-c5ccccc5C(C)C)cc4)nc(-c4ccc(-c5nc6ccccc6n5-c5ccccc5C(C)C)cc4)n3)cc2)nc2ccccc21. The summed E-state index contributed by atoms with van der Waals surface area (Å²) in [5.74, 6) is 5.27. The van der Waals surface area contributed by atoms with Crippen LogP contribution < -0.4 is 0 Å². The molecule has 0 fully saturated rings. The van der Waals surface area contributed by atoms with Gasteiger partial charge in [-0.2, -0.15) is 0 Å². The van der Waals surface area contributed by atoms with E-state index in [4.69, 9.17) is 29.9 Å². The van der Waals surface area contributed by atoms with E-state index in [0.717, 1.165) is 101 Å². The smallest absolute Gasteiger partial charge is 0.164 e. The molecule has 4 heterocycles. The van der Waals surface area contributed by atoms with Gasteiger partial charge in [-0.3, -0.25) is 13.7 Å². The Morgan fingerprint density at radius 1 is 0.244 bits per heavy atom. The van der Waals surface area contributed by atoms with Crippen molar-refractivity contribution in [2.45, 2.75) is 59.3 Å². The van der Waals surface area contributed by atoms with E-state index in [1.54, 1.807) is 0 Å². The average molecular weight is 1010 g/mol. The van der Waals surface area contributed by atoms with Crippen molar-refractivity contribution in [3.05, 3.63) is 235 Å². The summed E-state index contributed by atoms with van der Waals surface area (Å²) in [6.07, 6.45) is 0. The van der Waals surface area contributed by atoms with Crippen molar-refractivity contribution in [3.63, 3.8) is 0 Å². The number of fused-ring (bicyclic) bond motifs is 3.